The first-order valence-electron chi connectivity index (χ1n) is 7.86. The molecule has 0 saturated heterocycles. The second kappa shape index (κ2) is 6.51. The van der Waals surface area contributed by atoms with E-state index in [1.807, 2.05) is 13.0 Å². The van der Waals surface area contributed by atoms with Crippen molar-refractivity contribution in [3.63, 3.8) is 0 Å². The van der Waals surface area contributed by atoms with Crippen molar-refractivity contribution < 1.29 is 13.9 Å². The predicted molar refractivity (Wildman–Crippen MR) is 87.4 cm³/mol. The third kappa shape index (κ3) is 3.20. The van der Waals surface area contributed by atoms with Crippen LogP contribution in [-0.2, 0) is 13.6 Å². The van der Waals surface area contributed by atoms with Gasteiger partial charge in [0.1, 0.15) is 5.82 Å². The Balaban J connectivity index is 1.54. The number of hydrogen-bond donors (Lipinski definition) is 2. The Morgan fingerprint density at radius 1 is 1.46 bits per heavy atom. The quantitative estimate of drug-likeness (QED) is 0.882. The molecule has 1 aliphatic carbocycles. The SMILES string of the molecule is COc1c(CNC(=O)N[C@@H]2C[C@H]2c2ccccc2F)c(C)nn1C. The van der Waals surface area contributed by atoms with Gasteiger partial charge in [0.05, 0.1) is 24.9 Å². The van der Waals surface area contributed by atoms with Crippen LogP contribution >= 0.6 is 0 Å². The van der Waals surface area contributed by atoms with Crippen LogP contribution in [0.4, 0.5) is 9.18 Å². The van der Waals surface area contributed by atoms with E-state index in [4.69, 9.17) is 4.74 Å². The lowest BCUT2D eigenvalue weighted by molar-refractivity contribution is 0.239. The summed E-state index contributed by atoms with van der Waals surface area (Å²) in [7, 11) is 3.36. The number of carbonyl (C=O) groups excluding carboxylic acids is 1. The zero-order valence-electron chi connectivity index (χ0n) is 14.0. The zero-order valence-corrected chi connectivity index (χ0v) is 14.0. The van der Waals surface area contributed by atoms with Crippen LogP contribution in [0.15, 0.2) is 24.3 Å². The molecule has 3 rings (SSSR count). The number of hydrogen-bond acceptors (Lipinski definition) is 3. The zero-order chi connectivity index (χ0) is 17.3. The van der Waals surface area contributed by atoms with E-state index in [-0.39, 0.29) is 23.8 Å². The molecular weight excluding hydrogens is 311 g/mol. The molecule has 24 heavy (non-hydrogen) atoms. The molecule has 0 aliphatic heterocycles. The molecule has 1 aromatic carbocycles. The maximum atomic E-state index is 13.7. The highest BCUT2D eigenvalue weighted by Crippen LogP contribution is 2.41. The highest BCUT2D eigenvalue weighted by molar-refractivity contribution is 5.75. The molecule has 2 aromatic rings. The number of ether oxygens (including phenoxy) is 1. The molecule has 0 radical (unpaired) electrons. The predicted octanol–water partition coefficient (Wildman–Crippen LogP) is 2.23. The van der Waals surface area contributed by atoms with E-state index in [0.29, 0.717) is 18.0 Å². The van der Waals surface area contributed by atoms with Gasteiger partial charge in [-0.05, 0) is 25.0 Å². The second-order valence-corrected chi connectivity index (χ2v) is 5.99. The number of aryl methyl sites for hydroxylation is 2. The maximum Gasteiger partial charge on any atom is 0.315 e. The van der Waals surface area contributed by atoms with Gasteiger partial charge < -0.3 is 15.4 Å². The molecule has 0 unspecified atom stereocenters. The Morgan fingerprint density at radius 3 is 2.92 bits per heavy atom. The van der Waals surface area contributed by atoms with E-state index in [9.17, 15) is 9.18 Å². The number of urea groups is 1. The Hall–Kier alpha value is -2.57. The van der Waals surface area contributed by atoms with Crippen molar-refractivity contribution in [2.75, 3.05) is 7.11 Å². The first-order chi connectivity index (χ1) is 11.5. The van der Waals surface area contributed by atoms with Crippen molar-refractivity contribution in [1.29, 1.82) is 0 Å². The second-order valence-electron chi connectivity index (χ2n) is 5.99. The topological polar surface area (TPSA) is 68.2 Å². The summed E-state index contributed by atoms with van der Waals surface area (Å²) in [6, 6.07) is 6.39. The normalized spacial score (nSPS) is 19.0. The Bertz CT molecular complexity index is 759. The number of benzene rings is 1. The standard InChI is InChI=1S/C17H21FN4O2/c1-10-13(16(24-3)22(2)21-10)9-19-17(23)20-15-8-12(15)11-6-4-5-7-14(11)18/h4-7,12,15H,8-9H2,1-3H3,(H2,19,20,23)/t12-,15+/m0/s1. The molecule has 1 fully saturated rings. The summed E-state index contributed by atoms with van der Waals surface area (Å²) in [4.78, 5) is 12.1. The third-order valence-corrected chi connectivity index (χ3v) is 4.32. The fourth-order valence-corrected chi connectivity index (χ4v) is 3.00. The summed E-state index contributed by atoms with van der Waals surface area (Å²) < 4.78 is 20.7. The van der Waals surface area contributed by atoms with Gasteiger partial charge in [0.2, 0.25) is 5.88 Å². The molecule has 2 N–H and O–H groups in total. The number of aromatic nitrogens is 2. The number of rotatable bonds is 5. The summed E-state index contributed by atoms with van der Waals surface area (Å²) in [5.41, 5.74) is 2.31. The van der Waals surface area contributed by atoms with E-state index < -0.39 is 0 Å². The van der Waals surface area contributed by atoms with E-state index in [0.717, 1.165) is 17.7 Å². The van der Waals surface area contributed by atoms with Crippen LogP contribution in [0.5, 0.6) is 5.88 Å². The van der Waals surface area contributed by atoms with Crippen molar-refractivity contribution >= 4 is 6.03 Å². The summed E-state index contributed by atoms with van der Waals surface area (Å²) in [5.74, 6) is 0.456. The number of methoxy groups -OCH3 is 1. The summed E-state index contributed by atoms with van der Waals surface area (Å²) in [6.07, 6.45) is 0.754. The number of amides is 2. The van der Waals surface area contributed by atoms with Crippen molar-refractivity contribution in [1.82, 2.24) is 20.4 Å². The minimum Gasteiger partial charge on any atom is -0.481 e. The van der Waals surface area contributed by atoms with Crippen molar-refractivity contribution in [3.05, 3.63) is 46.9 Å². The minimum absolute atomic E-state index is 0.0289. The molecule has 0 bridgehead atoms. The third-order valence-electron chi connectivity index (χ3n) is 4.32. The molecule has 6 nitrogen and oxygen atoms in total. The summed E-state index contributed by atoms with van der Waals surface area (Å²) in [6.45, 7) is 2.19. The van der Waals surface area contributed by atoms with Crippen LogP contribution in [0.25, 0.3) is 0 Å². The van der Waals surface area contributed by atoms with Gasteiger partial charge in [-0.15, -0.1) is 0 Å². The average molecular weight is 332 g/mol. The first-order valence-corrected chi connectivity index (χ1v) is 7.86. The van der Waals surface area contributed by atoms with Crippen LogP contribution in [0.1, 0.15) is 29.2 Å². The number of nitrogens with zero attached hydrogens (tertiary/aromatic N) is 2. The van der Waals surface area contributed by atoms with E-state index >= 15 is 0 Å². The van der Waals surface area contributed by atoms with Crippen LogP contribution in [0.3, 0.4) is 0 Å². The molecular formula is C17H21FN4O2. The molecule has 1 aromatic heterocycles. The van der Waals surface area contributed by atoms with Gasteiger partial charge in [-0.25, -0.2) is 13.9 Å². The molecule has 1 aliphatic rings. The van der Waals surface area contributed by atoms with Crippen LogP contribution in [0.2, 0.25) is 0 Å². The molecule has 0 spiro atoms. The number of nitrogens with one attached hydrogen (secondary N) is 2. The summed E-state index contributed by atoms with van der Waals surface area (Å²) in [5, 5.41) is 9.96. The van der Waals surface area contributed by atoms with Crippen molar-refractivity contribution in [2.24, 2.45) is 7.05 Å². The molecule has 2 amide bonds. The highest BCUT2D eigenvalue weighted by atomic mass is 19.1. The van der Waals surface area contributed by atoms with Crippen LogP contribution < -0.4 is 15.4 Å². The van der Waals surface area contributed by atoms with Gasteiger partial charge >= 0.3 is 6.03 Å². The monoisotopic (exact) mass is 332 g/mol. The lowest BCUT2D eigenvalue weighted by Gasteiger charge is -2.09. The van der Waals surface area contributed by atoms with E-state index in [2.05, 4.69) is 15.7 Å². The lowest BCUT2D eigenvalue weighted by atomic mass is 10.1. The van der Waals surface area contributed by atoms with Gasteiger partial charge in [-0.3, -0.25) is 0 Å². The number of halogens is 1. The van der Waals surface area contributed by atoms with Gasteiger partial charge in [0, 0.05) is 19.0 Å². The lowest BCUT2D eigenvalue weighted by Crippen LogP contribution is -2.37. The fraction of sp³-hybridized carbons (Fsp3) is 0.412. The Labute approximate surface area is 140 Å². The van der Waals surface area contributed by atoms with Crippen molar-refractivity contribution in [3.8, 4) is 5.88 Å². The Kier molecular flexibility index (Phi) is 4.42. The van der Waals surface area contributed by atoms with Crippen molar-refractivity contribution in [2.45, 2.75) is 31.8 Å². The van der Waals surface area contributed by atoms with Gasteiger partial charge in [0.15, 0.2) is 0 Å². The average Bonchev–Trinajstić information content (AvgIpc) is 3.23. The highest BCUT2D eigenvalue weighted by Gasteiger charge is 2.40. The van der Waals surface area contributed by atoms with Gasteiger partial charge in [-0.2, -0.15) is 5.10 Å². The molecule has 1 saturated carbocycles. The largest absolute Gasteiger partial charge is 0.481 e. The maximum absolute atomic E-state index is 13.7. The first kappa shape index (κ1) is 16.3. The Morgan fingerprint density at radius 2 is 2.21 bits per heavy atom. The van der Waals surface area contributed by atoms with Gasteiger partial charge in [0.25, 0.3) is 0 Å². The summed E-state index contributed by atoms with van der Waals surface area (Å²) >= 11 is 0. The van der Waals surface area contributed by atoms with E-state index in [1.54, 1.807) is 31.0 Å². The van der Waals surface area contributed by atoms with Crippen LogP contribution in [-0.4, -0.2) is 29.0 Å². The molecule has 2 atom stereocenters. The number of carbonyl (C=O) groups is 1. The fourth-order valence-electron chi connectivity index (χ4n) is 3.00. The molecule has 7 heteroatoms. The van der Waals surface area contributed by atoms with E-state index in [1.165, 1.54) is 6.07 Å². The van der Waals surface area contributed by atoms with Gasteiger partial charge in [-0.1, -0.05) is 18.2 Å². The smallest absolute Gasteiger partial charge is 0.315 e. The van der Waals surface area contributed by atoms with Crippen LogP contribution in [0, 0.1) is 12.7 Å². The molecule has 1 heterocycles. The molecule has 128 valence electrons. The minimum atomic E-state index is -0.274.